The van der Waals surface area contributed by atoms with E-state index in [1.54, 1.807) is 0 Å². The number of fused-ring (bicyclic) bond motifs is 1. The molecule has 2 aromatic carbocycles. The van der Waals surface area contributed by atoms with Crippen molar-refractivity contribution < 1.29 is 4.74 Å². The third kappa shape index (κ3) is 3.85. The number of benzene rings is 2. The molecule has 116 valence electrons. The number of nitrogens with zero attached hydrogens (tertiary/aromatic N) is 2. The largest absolute Gasteiger partial charge is 0.492 e. The Labute approximate surface area is 135 Å². The van der Waals surface area contributed by atoms with E-state index in [2.05, 4.69) is 34.2 Å². The lowest BCUT2D eigenvalue weighted by Gasteiger charge is -2.27. The van der Waals surface area contributed by atoms with Crippen LogP contribution in [-0.2, 0) is 0 Å². The summed E-state index contributed by atoms with van der Waals surface area (Å²) in [5, 5.41) is 2.41. The Morgan fingerprint density at radius 3 is 2.73 bits per heavy atom. The van der Waals surface area contributed by atoms with Gasteiger partial charge in [0.15, 0.2) is 5.96 Å². The van der Waals surface area contributed by atoms with Crippen molar-refractivity contribution in [2.24, 2.45) is 10.7 Å². The van der Waals surface area contributed by atoms with Gasteiger partial charge in [0.2, 0.25) is 0 Å². The predicted molar refractivity (Wildman–Crippen MR) is 94.8 cm³/mol. The molecule has 0 spiro atoms. The first-order chi connectivity index (χ1) is 10.8. The lowest BCUT2D eigenvalue weighted by atomic mass is 10.1. The van der Waals surface area contributed by atoms with Crippen LogP contribution in [0.1, 0.15) is 0 Å². The van der Waals surface area contributed by atoms with Crippen molar-refractivity contribution in [1.29, 1.82) is 0 Å². The van der Waals surface area contributed by atoms with Gasteiger partial charge in [0, 0.05) is 24.6 Å². The molecule has 4 nitrogen and oxygen atoms in total. The fraction of sp³-hybridized carbons (Fsp3) is 0.353. The van der Waals surface area contributed by atoms with Crippen LogP contribution in [0.5, 0.6) is 5.75 Å². The first-order valence-corrected chi connectivity index (χ1v) is 8.72. The summed E-state index contributed by atoms with van der Waals surface area (Å²) in [7, 11) is 0. The van der Waals surface area contributed by atoms with Gasteiger partial charge in [0.05, 0.1) is 6.54 Å². The normalized spacial score (nSPS) is 16.0. The van der Waals surface area contributed by atoms with E-state index in [1.807, 2.05) is 30.0 Å². The van der Waals surface area contributed by atoms with E-state index >= 15 is 0 Å². The minimum Gasteiger partial charge on any atom is -0.492 e. The maximum absolute atomic E-state index is 6.01. The van der Waals surface area contributed by atoms with Crippen LogP contribution in [0.25, 0.3) is 10.8 Å². The number of hydrogen-bond donors (Lipinski definition) is 1. The molecule has 0 saturated carbocycles. The average molecular weight is 315 g/mol. The minimum absolute atomic E-state index is 0.543. The summed E-state index contributed by atoms with van der Waals surface area (Å²) in [6.07, 6.45) is 0. The summed E-state index contributed by atoms with van der Waals surface area (Å²) >= 11 is 1.97. The van der Waals surface area contributed by atoms with E-state index in [9.17, 15) is 0 Å². The monoisotopic (exact) mass is 315 g/mol. The van der Waals surface area contributed by atoms with Crippen molar-refractivity contribution in [3.8, 4) is 5.75 Å². The highest BCUT2D eigenvalue weighted by Gasteiger charge is 2.11. The molecule has 1 saturated heterocycles. The van der Waals surface area contributed by atoms with E-state index < -0.39 is 0 Å². The summed E-state index contributed by atoms with van der Waals surface area (Å²) in [4.78, 5) is 6.56. The van der Waals surface area contributed by atoms with Crippen LogP contribution in [0.3, 0.4) is 0 Å². The lowest BCUT2D eigenvalue weighted by molar-refractivity contribution is 0.328. The molecule has 1 aliphatic rings. The van der Waals surface area contributed by atoms with Crippen LogP contribution in [-0.4, -0.2) is 48.6 Å². The summed E-state index contributed by atoms with van der Waals surface area (Å²) in [6.45, 7) is 3.11. The molecule has 2 N–H and O–H groups in total. The molecule has 3 rings (SSSR count). The van der Waals surface area contributed by atoms with Gasteiger partial charge < -0.3 is 15.4 Å². The molecule has 22 heavy (non-hydrogen) atoms. The molecule has 1 heterocycles. The number of rotatable bonds is 4. The molecular formula is C17H21N3OS. The maximum Gasteiger partial charge on any atom is 0.191 e. The Bertz CT molecular complexity index is 653. The molecule has 5 heteroatoms. The Balaban J connectivity index is 1.51. The van der Waals surface area contributed by atoms with Gasteiger partial charge in [-0.1, -0.05) is 30.3 Å². The summed E-state index contributed by atoms with van der Waals surface area (Å²) in [5.41, 5.74) is 6.01. The van der Waals surface area contributed by atoms with Crippen molar-refractivity contribution in [2.75, 3.05) is 37.7 Å². The smallest absolute Gasteiger partial charge is 0.191 e. The average Bonchev–Trinajstić information content (AvgIpc) is 2.59. The van der Waals surface area contributed by atoms with Gasteiger partial charge in [-0.3, -0.25) is 0 Å². The first kappa shape index (κ1) is 15.0. The lowest BCUT2D eigenvalue weighted by Crippen LogP contribution is -2.42. The van der Waals surface area contributed by atoms with Crippen molar-refractivity contribution >= 4 is 28.5 Å². The second kappa shape index (κ2) is 7.40. The molecule has 2 aromatic rings. The van der Waals surface area contributed by atoms with Gasteiger partial charge in [0.25, 0.3) is 0 Å². The fourth-order valence-electron chi connectivity index (χ4n) is 2.47. The zero-order valence-electron chi connectivity index (χ0n) is 12.6. The zero-order chi connectivity index (χ0) is 15.2. The number of thioether (sulfide) groups is 1. The van der Waals surface area contributed by atoms with Gasteiger partial charge in [-0.15, -0.1) is 0 Å². The van der Waals surface area contributed by atoms with Gasteiger partial charge in [-0.05, 0) is 22.9 Å². The summed E-state index contributed by atoms with van der Waals surface area (Å²) < 4.78 is 5.77. The zero-order valence-corrected chi connectivity index (χ0v) is 13.4. The second-order valence-electron chi connectivity index (χ2n) is 5.20. The summed E-state index contributed by atoms with van der Waals surface area (Å²) in [6, 6.07) is 14.4. The van der Waals surface area contributed by atoms with Crippen LogP contribution >= 0.6 is 11.8 Å². The fourth-order valence-corrected chi connectivity index (χ4v) is 3.38. The number of aliphatic imine (C=N–C) groups is 1. The SMILES string of the molecule is NC(=NCCOc1ccc2ccccc2c1)N1CCSCC1. The van der Waals surface area contributed by atoms with Crippen LogP contribution < -0.4 is 10.5 Å². The minimum atomic E-state index is 0.543. The molecule has 0 aliphatic carbocycles. The number of hydrogen-bond acceptors (Lipinski definition) is 3. The maximum atomic E-state index is 6.01. The quantitative estimate of drug-likeness (QED) is 0.535. The molecule has 1 fully saturated rings. The topological polar surface area (TPSA) is 50.9 Å². The van der Waals surface area contributed by atoms with E-state index in [1.165, 1.54) is 10.8 Å². The van der Waals surface area contributed by atoms with Crippen LogP contribution in [0, 0.1) is 0 Å². The Kier molecular flexibility index (Phi) is 5.06. The number of nitrogens with two attached hydrogens (primary N) is 1. The van der Waals surface area contributed by atoms with E-state index in [-0.39, 0.29) is 0 Å². The molecule has 0 amide bonds. The predicted octanol–water partition coefficient (Wildman–Crippen LogP) is 2.58. The Morgan fingerprint density at radius 2 is 1.91 bits per heavy atom. The van der Waals surface area contributed by atoms with Gasteiger partial charge in [-0.2, -0.15) is 11.8 Å². The first-order valence-electron chi connectivity index (χ1n) is 7.57. The molecule has 0 bridgehead atoms. The highest BCUT2D eigenvalue weighted by molar-refractivity contribution is 7.99. The molecule has 0 radical (unpaired) electrons. The van der Waals surface area contributed by atoms with E-state index in [0.717, 1.165) is 30.3 Å². The van der Waals surface area contributed by atoms with Gasteiger partial charge in [-0.25, -0.2) is 4.99 Å². The number of guanidine groups is 1. The summed E-state index contributed by atoms with van der Waals surface area (Å²) in [5.74, 6) is 3.78. The molecule has 1 aliphatic heterocycles. The second-order valence-corrected chi connectivity index (χ2v) is 6.42. The van der Waals surface area contributed by atoms with Crippen LogP contribution in [0.15, 0.2) is 47.5 Å². The standard InChI is InChI=1S/C17H21N3OS/c18-17(20-8-11-22-12-9-20)19-7-10-21-16-6-5-14-3-1-2-4-15(14)13-16/h1-6,13H,7-12H2,(H2,18,19). The third-order valence-electron chi connectivity index (χ3n) is 3.69. The number of ether oxygens (including phenoxy) is 1. The van der Waals surface area contributed by atoms with Crippen LogP contribution in [0.2, 0.25) is 0 Å². The third-order valence-corrected chi connectivity index (χ3v) is 4.63. The van der Waals surface area contributed by atoms with Gasteiger partial charge >= 0.3 is 0 Å². The molecule has 0 aromatic heterocycles. The highest BCUT2D eigenvalue weighted by Crippen LogP contribution is 2.20. The Morgan fingerprint density at radius 1 is 1.14 bits per heavy atom. The molecule has 0 unspecified atom stereocenters. The highest BCUT2D eigenvalue weighted by atomic mass is 32.2. The van der Waals surface area contributed by atoms with Crippen molar-refractivity contribution in [3.05, 3.63) is 42.5 Å². The molecule has 0 atom stereocenters. The van der Waals surface area contributed by atoms with Gasteiger partial charge in [0.1, 0.15) is 12.4 Å². The van der Waals surface area contributed by atoms with Crippen LogP contribution in [0.4, 0.5) is 0 Å². The van der Waals surface area contributed by atoms with E-state index in [4.69, 9.17) is 10.5 Å². The van der Waals surface area contributed by atoms with Crippen molar-refractivity contribution in [3.63, 3.8) is 0 Å². The Hall–Kier alpha value is -1.88. The van der Waals surface area contributed by atoms with Crippen molar-refractivity contribution in [2.45, 2.75) is 0 Å². The molecular weight excluding hydrogens is 294 g/mol. The van der Waals surface area contributed by atoms with Crippen molar-refractivity contribution in [1.82, 2.24) is 4.90 Å². The van der Waals surface area contributed by atoms with E-state index in [0.29, 0.717) is 19.1 Å².